The van der Waals surface area contributed by atoms with Crippen molar-refractivity contribution in [2.24, 2.45) is 0 Å². The predicted octanol–water partition coefficient (Wildman–Crippen LogP) is 4.69. The van der Waals surface area contributed by atoms with Gasteiger partial charge in [0.25, 0.3) is 0 Å². The number of hydrogen-bond acceptors (Lipinski definition) is 3. The molecule has 0 atom stereocenters. The molecule has 2 aromatic carbocycles. The van der Waals surface area contributed by atoms with Gasteiger partial charge in [0.1, 0.15) is 11.9 Å². The summed E-state index contributed by atoms with van der Waals surface area (Å²) in [5.41, 5.74) is 2.70. The molecule has 1 fully saturated rings. The Morgan fingerprint density at radius 3 is 1.76 bits per heavy atom. The zero-order valence-electron chi connectivity index (χ0n) is 14.4. The molecule has 0 bridgehead atoms. The Hall–Kier alpha value is -2.36. The SMILES string of the molecule is c1ccc(CN2CCCN(Cc3ccccc3)C2c2ccco2)cc1. The zero-order chi connectivity index (χ0) is 16.9. The Morgan fingerprint density at radius 1 is 0.720 bits per heavy atom. The number of hydrogen-bond donors (Lipinski definition) is 0. The van der Waals surface area contributed by atoms with Crippen LogP contribution in [0.1, 0.15) is 29.5 Å². The van der Waals surface area contributed by atoms with Crippen molar-refractivity contribution in [1.29, 1.82) is 0 Å². The van der Waals surface area contributed by atoms with Gasteiger partial charge in [-0.2, -0.15) is 0 Å². The first-order valence-electron chi connectivity index (χ1n) is 8.99. The predicted molar refractivity (Wildman–Crippen MR) is 99.8 cm³/mol. The van der Waals surface area contributed by atoms with Crippen LogP contribution in [-0.2, 0) is 13.1 Å². The largest absolute Gasteiger partial charge is 0.466 e. The molecule has 0 amide bonds. The molecule has 0 N–H and O–H groups in total. The highest BCUT2D eigenvalue weighted by atomic mass is 16.3. The highest BCUT2D eigenvalue weighted by Gasteiger charge is 2.32. The van der Waals surface area contributed by atoms with Crippen molar-refractivity contribution >= 4 is 0 Å². The molecular formula is C22H24N2O. The van der Waals surface area contributed by atoms with E-state index in [0.29, 0.717) is 0 Å². The van der Waals surface area contributed by atoms with Crippen LogP contribution in [0.15, 0.2) is 83.5 Å². The molecule has 0 spiro atoms. The van der Waals surface area contributed by atoms with E-state index in [4.69, 9.17) is 4.42 Å². The van der Waals surface area contributed by atoms with Crippen molar-refractivity contribution < 1.29 is 4.42 Å². The highest BCUT2D eigenvalue weighted by molar-refractivity contribution is 5.17. The van der Waals surface area contributed by atoms with Gasteiger partial charge in [0.05, 0.1) is 6.26 Å². The van der Waals surface area contributed by atoms with Crippen molar-refractivity contribution in [3.63, 3.8) is 0 Å². The Kier molecular flexibility index (Phi) is 4.96. The molecule has 3 aromatic rings. The number of nitrogens with zero attached hydrogens (tertiary/aromatic N) is 2. The molecule has 0 aliphatic carbocycles. The third-order valence-corrected chi connectivity index (χ3v) is 4.84. The lowest BCUT2D eigenvalue weighted by Gasteiger charge is -2.43. The van der Waals surface area contributed by atoms with Crippen molar-refractivity contribution in [1.82, 2.24) is 9.80 Å². The van der Waals surface area contributed by atoms with Crippen LogP contribution in [0.5, 0.6) is 0 Å². The van der Waals surface area contributed by atoms with E-state index < -0.39 is 0 Å². The van der Waals surface area contributed by atoms with Crippen molar-refractivity contribution in [3.05, 3.63) is 95.9 Å². The minimum atomic E-state index is 0.184. The molecule has 1 saturated heterocycles. The van der Waals surface area contributed by atoms with Gasteiger partial charge in [-0.25, -0.2) is 0 Å². The lowest BCUT2D eigenvalue weighted by Crippen LogP contribution is -2.46. The van der Waals surface area contributed by atoms with Gasteiger partial charge in [0.15, 0.2) is 0 Å². The normalized spacial score (nSPS) is 17.0. The van der Waals surface area contributed by atoms with Gasteiger partial charge < -0.3 is 4.42 Å². The maximum atomic E-state index is 5.83. The fourth-order valence-electron chi connectivity index (χ4n) is 3.72. The number of benzene rings is 2. The fourth-order valence-corrected chi connectivity index (χ4v) is 3.72. The molecule has 3 heteroatoms. The minimum absolute atomic E-state index is 0.184. The lowest BCUT2D eigenvalue weighted by molar-refractivity contribution is -0.0215. The highest BCUT2D eigenvalue weighted by Crippen LogP contribution is 2.32. The third kappa shape index (κ3) is 3.84. The van der Waals surface area contributed by atoms with E-state index in [0.717, 1.165) is 31.9 Å². The smallest absolute Gasteiger partial charge is 0.135 e. The Bertz CT molecular complexity index is 706. The Morgan fingerprint density at radius 2 is 1.28 bits per heavy atom. The van der Waals surface area contributed by atoms with Gasteiger partial charge in [-0.15, -0.1) is 0 Å². The van der Waals surface area contributed by atoms with Crippen LogP contribution < -0.4 is 0 Å². The van der Waals surface area contributed by atoms with Crippen LogP contribution in [0, 0.1) is 0 Å². The van der Waals surface area contributed by atoms with Gasteiger partial charge in [-0.05, 0) is 29.7 Å². The molecule has 3 nitrogen and oxygen atoms in total. The van der Waals surface area contributed by atoms with Crippen LogP contribution >= 0.6 is 0 Å². The number of rotatable bonds is 5. The summed E-state index contributed by atoms with van der Waals surface area (Å²) < 4.78 is 5.83. The lowest BCUT2D eigenvalue weighted by atomic mass is 10.1. The van der Waals surface area contributed by atoms with Crippen LogP contribution in [-0.4, -0.2) is 22.9 Å². The molecule has 0 radical (unpaired) electrons. The van der Waals surface area contributed by atoms with E-state index in [1.54, 1.807) is 6.26 Å². The summed E-state index contributed by atoms with van der Waals surface area (Å²) >= 11 is 0. The summed E-state index contributed by atoms with van der Waals surface area (Å²) in [5.74, 6) is 1.03. The average Bonchev–Trinajstić information content (AvgIpc) is 3.18. The first-order valence-corrected chi connectivity index (χ1v) is 8.99. The van der Waals surface area contributed by atoms with E-state index in [2.05, 4.69) is 76.5 Å². The minimum Gasteiger partial charge on any atom is -0.466 e. The molecule has 1 aromatic heterocycles. The molecule has 2 heterocycles. The summed E-state index contributed by atoms with van der Waals surface area (Å²) in [5, 5.41) is 0. The summed E-state index contributed by atoms with van der Waals surface area (Å²) in [7, 11) is 0. The van der Waals surface area contributed by atoms with Crippen molar-refractivity contribution in [2.45, 2.75) is 25.7 Å². The van der Waals surface area contributed by atoms with E-state index in [9.17, 15) is 0 Å². The summed E-state index contributed by atoms with van der Waals surface area (Å²) in [6, 6.07) is 25.5. The van der Waals surface area contributed by atoms with E-state index in [1.165, 1.54) is 17.5 Å². The monoisotopic (exact) mass is 332 g/mol. The molecule has 4 rings (SSSR count). The molecule has 128 valence electrons. The summed E-state index contributed by atoms with van der Waals surface area (Å²) in [6.07, 6.45) is 3.14. The van der Waals surface area contributed by atoms with Gasteiger partial charge in [0, 0.05) is 26.2 Å². The average molecular weight is 332 g/mol. The van der Waals surface area contributed by atoms with Crippen LogP contribution in [0.25, 0.3) is 0 Å². The second-order valence-electron chi connectivity index (χ2n) is 6.65. The first kappa shape index (κ1) is 16.1. The van der Waals surface area contributed by atoms with Gasteiger partial charge in [-0.3, -0.25) is 9.80 Å². The van der Waals surface area contributed by atoms with Crippen LogP contribution in [0.2, 0.25) is 0 Å². The van der Waals surface area contributed by atoms with E-state index in [1.807, 2.05) is 6.07 Å². The Balaban J connectivity index is 1.59. The fraction of sp³-hybridized carbons (Fsp3) is 0.273. The van der Waals surface area contributed by atoms with Crippen molar-refractivity contribution in [3.8, 4) is 0 Å². The maximum absolute atomic E-state index is 5.83. The second-order valence-corrected chi connectivity index (χ2v) is 6.65. The van der Waals surface area contributed by atoms with Gasteiger partial charge >= 0.3 is 0 Å². The Labute approximate surface area is 149 Å². The molecule has 25 heavy (non-hydrogen) atoms. The standard InChI is InChI=1S/C22H24N2O/c1-3-9-19(10-4-1)17-23-14-8-15-24(18-20-11-5-2-6-12-20)22(23)21-13-7-16-25-21/h1-7,9-13,16,22H,8,14-15,17-18H2. The molecule has 1 aliphatic rings. The van der Waals surface area contributed by atoms with Gasteiger partial charge in [-0.1, -0.05) is 60.7 Å². The second kappa shape index (κ2) is 7.68. The van der Waals surface area contributed by atoms with Gasteiger partial charge in [0.2, 0.25) is 0 Å². The number of furan rings is 1. The molecule has 1 aliphatic heterocycles. The van der Waals surface area contributed by atoms with Crippen LogP contribution in [0.3, 0.4) is 0 Å². The summed E-state index contributed by atoms with van der Waals surface area (Å²) in [4.78, 5) is 5.06. The van der Waals surface area contributed by atoms with E-state index in [-0.39, 0.29) is 6.17 Å². The van der Waals surface area contributed by atoms with Crippen molar-refractivity contribution in [2.75, 3.05) is 13.1 Å². The first-order chi connectivity index (χ1) is 12.4. The third-order valence-electron chi connectivity index (χ3n) is 4.84. The molecular weight excluding hydrogens is 308 g/mol. The summed E-state index contributed by atoms with van der Waals surface area (Å²) in [6.45, 7) is 4.06. The molecule has 0 saturated carbocycles. The zero-order valence-corrected chi connectivity index (χ0v) is 14.4. The van der Waals surface area contributed by atoms with Crippen LogP contribution in [0.4, 0.5) is 0 Å². The maximum Gasteiger partial charge on any atom is 0.135 e. The topological polar surface area (TPSA) is 19.6 Å². The van der Waals surface area contributed by atoms with E-state index >= 15 is 0 Å². The quantitative estimate of drug-likeness (QED) is 0.676. The molecule has 0 unspecified atom stereocenters.